The number of anilines is 1. The minimum absolute atomic E-state index is 0.319. The summed E-state index contributed by atoms with van der Waals surface area (Å²) in [4.78, 5) is 17.2. The third kappa shape index (κ3) is 4.60. The molecule has 2 aromatic carbocycles. The number of nitrogens with one attached hydrogen (secondary N) is 1. The van der Waals surface area contributed by atoms with E-state index in [0.29, 0.717) is 34.6 Å². The van der Waals surface area contributed by atoms with Gasteiger partial charge in [-0.2, -0.15) is 0 Å². The van der Waals surface area contributed by atoms with E-state index in [1.54, 1.807) is 19.2 Å². The van der Waals surface area contributed by atoms with Gasteiger partial charge in [0.25, 0.3) is 5.91 Å². The molecule has 0 fully saturated rings. The fourth-order valence-corrected chi connectivity index (χ4v) is 3.41. The molecule has 8 heteroatoms. The van der Waals surface area contributed by atoms with Gasteiger partial charge in [0.15, 0.2) is 16.6 Å². The molecular weight excluding hydrogens is 392 g/mol. The zero-order valence-electron chi connectivity index (χ0n) is 16.6. The molecule has 0 saturated carbocycles. The quantitative estimate of drug-likeness (QED) is 0.585. The number of amides is 1. The van der Waals surface area contributed by atoms with E-state index in [1.807, 2.05) is 36.6 Å². The molecule has 0 bridgehead atoms. The summed E-state index contributed by atoms with van der Waals surface area (Å²) in [6, 6.07) is 10.8. The number of carbonyl (C=O) groups is 1. The maximum absolute atomic E-state index is 12.7. The van der Waals surface area contributed by atoms with E-state index in [1.165, 1.54) is 25.6 Å². The Morgan fingerprint density at radius 1 is 1.03 bits per heavy atom. The third-order valence-corrected chi connectivity index (χ3v) is 4.88. The number of nitrogens with zero attached hydrogens (tertiary/aromatic N) is 1. The van der Waals surface area contributed by atoms with Crippen molar-refractivity contribution in [2.45, 2.75) is 6.92 Å². The number of ether oxygens (including phenoxy) is 4. The van der Waals surface area contributed by atoms with Crippen LogP contribution in [0.1, 0.15) is 17.3 Å². The van der Waals surface area contributed by atoms with Crippen molar-refractivity contribution >= 4 is 22.4 Å². The molecule has 1 aromatic heterocycles. The fraction of sp³-hybridized carbons (Fsp3) is 0.238. The summed E-state index contributed by atoms with van der Waals surface area (Å²) in [7, 11) is 4.65. The Labute approximate surface area is 173 Å². The van der Waals surface area contributed by atoms with Gasteiger partial charge in [-0.15, -0.1) is 11.3 Å². The van der Waals surface area contributed by atoms with Crippen molar-refractivity contribution < 1.29 is 23.7 Å². The number of rotatable bonds is 8. The van der Waals surface area contributed by atoms with Gasteiger partial charge in [-0.05, 0) is 43.3 Å². The average Bonchev–Trinajstić information content (AvgIpc) is 3.22. The standard InChI is InChI=1S/C21H22N2O5S/c1-5-28-19-17(26-3)10-14(11-18(19)27-4)20(24)23-21-22-16(12-29-21)13-6-8-15(25-2)9-7-13/h6-12H,5H2,1-4H3,(H,22,23,24). The summed E-state index contributed by atoms with van der Waals surface area (Å²) in [5, 5.41) is 5.20. The Balaban J connectivity index is 1.80. The zero-order valence-corrected chi connectivity index (χ0v) is 17.5. The molecule has 0 aliphatic heterocycles. The monoisotopic (exact) mass is 414 g/mol. The van der Waals surface area contributed by atoms with E-state index in [-0.39, 0.29) is 5.91 Å². The van der Waals surface area contributed by atoms with Gasteiger partial charge in [-0.1, -0.05) is 0 Å². The van der Waals surface area contributed by atoms with Crippen LogP contribution >= 0.6 is 11.3 Å². The Kier molecular flexibility index (Phi) is 6.56. The Morgan fingerprint density at radius 2 is 1.69 bits per heavy atom. The average molecular weight is 414 g/mol. The molecule has 152 valence electrons. The van der Waals surface area contributed by atoms with Gasteiger partial charge in [0, 0.05) is 16.5 Å². The number of hydrogen-bond donors (Lipinski definition) is 1. The maximum Gasteiger partial charge on any atom is 0.257 e. The van der Waals surface area contributed by atoms with Crippen molar-refractivity contribution in [3.8, 4) is 34.3 Å². The molecule has 0 saturated heterocycles. The van der Waals surface area contributed by atoms with Gasteiger partial charge in [-0.25, -0.2) is 4.98 Å². The van der Waals surface area contributed by atoms with Crippen molar-refractivity contribution in [1.29, 1.82) is 0 Å². The predicted octanol–water partition coefficient (Wildman–Crippen LogP) is 4.49. The smallest absolute Gasteiger partial charge is 0.257 e. The molecule has 0 spiro atoms. The Morgan fingerprint density at radius 3 is 2.24 bits per heavy atom. The second kappa shape index (κ2) is 9.29. The highest BCUT2D eigenvalue weighted by atomic mass is 32.1. The van der Waals surface area contributed by atoms with Gasteiger partial charge >= 0.3 is 0 Å². The van der Waals surface area contributed by atoms with Crippen molar-refractivity contribution in [2.75, 3.05) is 33.3 Å². The lowest BCUT2D eigenvalue weighted by atomic mass is 10.1. The van der Waals surface area contributed by atoms with E-state index in [9.17, 15) is 4.79 Å². The molecular formula is C21H22N2O5S. The summed E-state index contributed by atoms with van der Waals surface area (Å²) in [5.41, 5.74) is 2.09. The highest BCUT2D eigenvalue weighted by Crippen LogP contribution is 2.39. The molecule has 1 amide bonds. The van der Waals surface area contributed by atoms with E-state index >= 15 is 0 Å². The van der Waals surface area contributed by atoms with Crippen LogP contribution in [0.4, 0.5) is 5.13 Å². The van der Waals surface area contributed by atoms with Crippen LogP contribution in [0, 0.1) is 0 Å². The van der Waals surface area contributed by atoms with Crippen molar-refractivity contribution in [1.82, 2.24) is 4.98 Å². The number of carbonyl (C=O) groups excluding carboxylic acids is 1. The third-order valence-electron chi connectivity index (χ3n) is 4.12. The van der Waals surface area contributed by atoms with E-state index < -0.39 is 0 Å². The summed E-state index contributed by atoms with van der Waals surface area (Å²) in [6.07, 6.45) is 0. The molecule has 0 atom stereocenters. The minimum Gasteiger partial charge on any atom is -0.497 e. The second-order valence-corrected chi connectivity index (χ2v) is 6.72. The van der Waals surface area contributed by atoms with Crippen LogP contribution < -0.4 is 24.3 Å². The molecule has 0 unspecified atom stereocenters. The highest BCUT2D eigenvalue weighted by Gasteiger charge is 2.18. The van der Waals surface area contributed by atoms with Crippen molar-refractivity contribution in [2.24, 2.45) is 0 Å². The summed E-state index contributed by atoms with van der Waals surface area (Å²) in [6.45, 7) is 2.31. The molecule has 1 heterocycles. The lowest BCUT2D eigenvalue weighted by molar-refractivity contribution is 0.102. The Hall–Kier alpha value is -3.26. The number of benzene rings is 2. The van der Waals surface area contributed by atoms with Crippen molar-refractivity contribution in [3.05, 3.63) is 47.3 Å². The summed E-state index contributed by atoms with van der Waals surface area (Å²) < 4.78 is 21.4. The predicted molar refractivity (Wildman–Crippen MR) is 113 cm³/mol. The molecule has 3 rings (SSSR count). The van der Waals surface area contributed by atoms with Crippen molar-refractivity contribution in [3.63, 3.8) is 0 Å². The van der Waals surface area contributed by atoms with Gasteiger partial charge in [0.05, 0.1) is 33.6 Å². The van der Waals surface area contributed by atoms with Crippen LogP contribution in [0.25, 0.3) is 11.3 Å². The SMILES string of the molecule is CCOc1c(OC)cc(C(=O)Nc2nc(-c3ccc(OC)cc3)cs2)cc1OC. The summed E-state index contributed by atoms with van der Waals surface area (Å²) in [5.74, 6) is 1.77. The van der Waals surface area contributed by atoms with Gasteiger partial charge in [0.2, 0.25) is 5.75 Å². The first kappa shape index (κ1) is 20.5. The largest absolute Gasteiger partial charge is 0.497 e. The molecule has 7 nitrogen and oxygen atoms in total. The van der Waals surface area contributed by atoms with Gasteiger partial charge in [-0.3, -0.25) is 10.1 Å². The maximum atomic E-state index is 12.7. The number of hydrogen-bond acceptors (Lipinski definition) is 7. The summed E-state index contributed by atoms with van der Waals surface area (Å²) >= 11 is 1.35. The zero-order chi connectivity index (χ0) is 20.8. The first-order chi connectivity index (χ1) is 14.1. The van der Waals surface area contributed by atoms with Crippen LogP contribution in [-0.4, -0.2) is 38.8 Å². The normalized spacial score (nSPS) is 10.3. The molecule has 29 heavy (non-hydrogen) atoms. The van der Waals surface area contributed by atoms with Crippen LogP contribution in [0.3, 0.4) is 0 Å². The molecule has 3 aromatic rings. The highest BCUT2D eigenvalue weighted by molar-refractivity contribution is 7.14. The van der Waals surface area contributed by atoms with Crippen LogP contribution in [0.5, 0.6) is 23.0 Å². The van der Waals surface area contributed by atoms with Crippen LogP contribution in [0.2, 0.25) is 0 Å². The van der Waals surface area contributed by atoms with E-state index in [2.05, 4.69) is 10.3 Å². The molecule has 0 aliphatic carbocycles. The Bertz CT molecular complexity index is 960. The number of methoxy groups -OCH3 is 3. The number of aromatic nitrogens is 1. The topological polar surface area (TPSA) is 78.9 Å². The first-order valence-corrected chi connectivity index (χ1v) is 9.77. The molecule has 1 N–H and O–H groups in total. The number of thiazole rings is 1. The lowest BCUT2D eigenvalue weighted by Crippen LogP contribution is -2.12. The van der Waals surface area contributed by atoms with E-state index in [4.69, 9.17) is 18.9 Å². The van der Waals surface area contributed by atoms with Crippen LogP contribution in [0.15, 0.2) is 41.8 Å². The van der Waals surface area contributed by atoms with Crippen LogP contribution in [-0.2, 0) is 0 Å². The molecule has 0 aliphatic rings. The first-order valence-electron chi connectivity index (χ1n) is 8.89. The van der Waals surface area contributed by atoms with Gasteiger partial charge < -0.3 is 18.9 Å². The van der Waals surface area contributed by atoms with E-state index in [0.717, 1.165) is 17.0 Å². The minimum atomic E-state index is -0.319. The second-order valence-electron chi connectivity index (χ2n) is 5.86. The van der Waals surface area contributed by atoms with Gasteiger partial charge in [0.1, 0.15) is 5.75 Å². The lowest BCUT2D eigenvalue weighted by Gasteiger charge is -2.15. The fourth-order valence-electron chi connectivity index (χ4n) is 2.69. The molecule has 0 radical (unpaired) electrons.